The highest BCUT2D eigenvalue weighted by Gasteiger charge is 2.24. The van der Waals surface area contributed by atoms with Gasteiger partial charge in [0.25, 0.3) is 0 Å². The molecule has 0 bridgehead atoms. The minimum Gasteiger partial charge on any atom is -0.340 e. The highest BCUT2D eigenvalue weighted by molar-refractivity contribution is 7.26. The SMILES string of the molecule is c1ccc(-c2ccc(C3N=C(c4ccc(-n5c6ccccc6c6ccc7c8ccccc8sc7c65)cc4)Nc4ccccc43)cc2)cc1. The zero-order valence-electron chi connectivity index (χ0n) is 26.0. The van der Waals surface area contributed by atoms with Crippen LogP contribution in [-0.4, -0.2) is 10.4 Å². The fraction of sp³-hybridized carbons (Fsp3) is 0.0227. The number of para-hydroxylation sites is 2. The topological polar surface area (TPSA) is 29.3 Å². The molecule has 1 aliphatic heterocycles. The lowest BCUT2D eigenvalue weighted by atomic mass is 9.94. The molecule has 1 aliphatic rings. The summed E-state index contributed by atoms with van der Waals surface area (Å²) in [6.45, 7) is 0. The Hall–Kier alpha value is -5.97. The molecule has 7 aromatic carbocycles. The molecule has 4 heteroatoms. The summed E-state index contributed by atoms with van der Waals surface area (Å²) < 4.78 is 5.08. The van der Waals surface area contributed by atoms with Crippen molar-refractivity contribution in [3.8, 4) is 16.8 Å². The molecule has 0 spiro atoms. The number of aliphatic imine (C=N–C) groups is 1. The summed E-state index contributed by atoms with van der Waals surface area (Å²) in [7, 11) is 0. The maximum atomic E-state index is 5.32. The molecular formula is C44H29N3S. The summed E-state index contributed by atoms with van der Waals surface area (Å²) in [5, 5.41) is 8.83. The van der Waals surface area contributed by atoms with Gasteiger partial charge in [-0.15, -0.1) is 11.3 Å². The Balaban J connectivity index is 1.08. The molecule has 3 nitrogen and oxygen atoms in total. The van der Waals surface area contributed by atoms with Gasteiger partial charge < -0.3 is 9.88 Å². The second-order valence-corrected chi connectivity index (χ2v) is 13.5. The number of anilines is 1. The first kappa shape index (κ1) is 27.2. The van der Waals surface area contributed by atoms with Gasteiger partial charge in [0.15, 0.2) is 0 Å². The lowest BCUT2D eigenvalue weighted by Gasteiger charge is -2.26. The number of amidine groups is 1. The van der Waals surface area contributed by atoms with E-state index in [1.165, 1.54) is 64.2 Å². The third-order valence-electron chi connectivity index (χ3n) is 9.68. The molecule has 3 heterocycles. The molecule has 0 saturated carbocycles. The molecule has 48 heavy (non-hydrogen) atoms. The van der Waals surface area contributed by atoms with Crippen LogP contribution < -0.4 is 5.32 Å². The average molecular weight is 632 g/mol. The van der Waals surface area contributed by atoms with E-state index >= 15 is 0 Å². The Morgan fingerprint density at radius 3 is 2.04 bits per heavy atom. The highest BCUT2D eigenvalue weighted by Crippen LogP contribution is 2.43. The van der Waals surface area contributed by atoms with Crippen molar-refractivity contribution < 1.29 is 0 Å². The summed E-state index contributed by atoms with van der Waals surface area (Å²) in [4.78, 5) is 5.32. The van der Waals surface area contributed by atoms with Crippen LogP contribution in [0.15, 0.2) is 169 Å². The van der Waals surface area contributed by atoms with Gasteiger partial charge in [-0.2, -0.15) is 0 Å². The summed E-state index contributed by atoms with van der Waals surface area (Å²) in [6, 6.07) is 58.8. The van der Waals surface area contributed by atoms with E-state index in [0.717, 1.165) is 22.8 Å². The number of fused-ring (bicyclic) bond motifs is 8. The number of benzene rings is 7. The molecule has 226 valence electrons. The van der Waals surface area contributed by atoms with Gasteiger partial charge in [0, 0.05) is 48.7 Å². The molecule has 0 fully saturated rings. The molecule has 1 atom stereocenters. The van der Waals surface area contributed by atoms with Crippen LogP contribution in [0.1, 0.15) is 22.7 Å². The van der Waals surface area contributed by atoms with Gasteiger partial charge in [-0.1, -0.05) is 121 Å². The van der Waals surface area contributed by atoms with Crippen LogP contribution in [0.5, 0.6) is 0 Å². The van der Waals surface area contributed by atoms with Crippen LogP contribution in [0, 0.1) is 0 Å². The van der Waals surface area contributed by atoms with Crippen LogP contribution >= 0.6 is 11.3 Å². The van der Waals surface area contributed by atoms with Crippen LogP contribution in [0.25, 0.3) is 58.8 Å². The molecule has 9 aromatic rings. The van der Waals surface area contributed by atoms with Crippen molar-refractivity contribution in [2.24, 2.45) is 4.99 Å². The smallest absolute Gasteiger partial charge is 0.133 e. The van der Waals surface area contributed by atoms with Crippen LogP contribution in [0.3, 0.4) is 0 Å². The maximum Gasteiger partial charge on any atom is 0.133 e. The maximum absolute atomic E-state index is 5.32. The van der Waals surface area contributed by atoms with Crippen LogP contribution in [-0.2, 0) is 0 Å². The van der Waals surface area contributed by atoms with Gasteiger partial charge in [0.05, 0.1) is 15.7 Å². The van der Waals surface area contributed by atoms with E-state index in [1.807, 2.05) is 11.3 Å². The van der Waals surface area contributed by atoms with E-state index in [2.05, 4.69) is 174 Å². The van der Waals surface area contributed by atoms with Crippen molar-refractivity contribution in [2.75, 3.05) is 5.32 Å². The van der Waals surface area contributed by atoms with E-state index in [0.29, 0.717) is 0 Å². The van der Waals surface area contributed by atoms with E-state index in [1.54, 1.807) is 0 Å². The quantitative estimate of drug-likeness (QED) is 0.206. The third-order valence-corrected chi connectivity index (χ3v) is 10.9. The summed E-state index contributed by atoms with van der Waals surface area (Å²) in [5.74, 6) is 0.881. The van der Waals surface area contributed by atoms with Crippen molar-refractivity contribution in [3.05, 3.63) is 180 Å². The lowest BCUT2D eigenvalue weighted by Crippen LogP contribution is -2.22. The summed E-state index contributed by atoms with van der Waals surface area (Å²) >= 11 is 1.88. The molecule has 10 rings (SSSR count). The zero-order chi connectivity index (χ0) is 31.6. The average Bonchev–Trinajstić information content (AvgIpc) is 3.71. The minimum absolute atomic E-state index is 0.0967. The monoisotopic (exact) mass is 631 g/mol. The predicted octanol–water partition coefficient (Wildman–Crippen LogP) is 11.8. The second-order valence-electron chi connectivity index (χ2n) is 12.4. The Kier molecular flexibility index (Phi) is 6.11. The molecule has 0 aliphatic carbocycles. The lowest BCUT2D eigenvalue weighted by molar-refractivity contribution is 0.864. The molecular weight excluding hydrogens is 603 g/mol. The number of thiophene rings is 1. The van der Waals surface area contributed by atoms with E-state index < -0.39 is 0 Å². The number of aromatic nitrogens is 1. The van der Waals surface area contributed by atoms with E-state index in [-0.39, 0.29) is 6.04 Å². The first-order chi connectivity index (χ1) is 23.8. The normalized spacial score (nSPS) is 14.3. The standard InChI is InChI=1S/C44H29N3S/c1-2-10-28(11-3-1)29-18-20-30(21-19-29)41-37-14-4-7-15-38(37)45-44(46-41)31-22-24-32(25-23-31)47-39-16-8-5-12-33(39)35-26-27-36-34-13-6-9-17-40(34)48-43(36)42(35)47/h1-27,41H,(H,45,46). The number of nitrogens with zero attached hydrogens (tertiary/aromatic N) is 2. The fourth-order valence-corrected chi connectivity index (χ4v) is 8.60. The number of rotatable bonds is 4. The second kappa shape index (κ2) is 10.8. The van der Waals surface area contributed by atoms with Crippen LogP contribution in [0.2, 0.25) is 0 Å². The molecule has 0 amide bonds. The van der Waals surface area contributed by atoms with E-state index in [9.17, 15) is 0 Å². The number of nitrogens with one attached hydrogen (secondary N) is 1. The van der Waals surface area contributed by atoms with Crippen molar-refractivity contribution in [3.63, 3.8) is 0 Å². The Morgan fingerprint density at radius 1 is 0.521 bits per heavy atom. The van der Waals surface area contributed by atoms with Crippen molar-refractivity contribution in [2.45, 2.75) is 6.04 Å². The van der Waals surface area contributed by atoms with Gasteiger partial charge >= 0.3 is 0 Å². The molecule has 0 saturated heterocycles. The van der Waals surface area contributed by atoms with Crippen molar-refractivity contribution in [1.82, 2.24) is 4.57 Å². The largest absolute Gasteiger partial charge is 0.340 e. The third kappa shape index (κ3) is 4.23. The molecule has 2 aromatic heterocycles. The highest BCUT2D eigenvalue weighted by atomic mass is 32.1. The van der Waals surface area contributed by atoms with Gasteiger partial charge in [-0.05, 0) is 59.2 Å². The fourth-order valence-electron chi connectivity index (χ4n) is 7.36. The van der Waals surface area contributed by atoms with Gasteiger partial charge in [-0.25, -0.2) is 0 Å². The minimum atomic E-state index is -0.0967. The van der Waals surface area contributed by atoms with Crippen molar-refractivity contribution in [1.29, 1.82) is 0 Å². The van der Waals surface area contributed by atoms with Gasteiger partial charge in [0.1, 0.15) is 11.9 Å². The first-order valence-electron chi connectivity index (χ1n) is 16.3. The Labute approximate surface area is 282 Å². The predicted molar refractivity (Wildman–Crippen MR) is 204 cm³/mol. The number of hydrogen-bond donors (Lipinski definition) is 1. The first-order valence-corrected chi connectivity index (χ1v) is 17.2. The Bertz CT molecular complexity index is 2680. The molecule has 1 unspecified atom stereocenters. The number of hydrogen-bond acceptors (Lipinski definition) is 3. The summed E-state index contributed by atoms with van der Waals surface area (Å²) in [6.07, 6.45) is 0. The van der Waals surface area contributed by atoms with Gasteiger partial charge in [0.2, 0.25) is 0 Å². The zero-order valence-corrected chi connectivity index (χ0v) is 26.8. The van der Waals surface area contributed by atoms with Crippen LogP contribution in [0.4, 0.5) is 5.69 Å². The Morgan fingerprint density at radius 2 is 1.19 bits per heavy atom. The molecule has 1 N–H and O–H groups in total. The van der Waals surface area contributed by atoms with Gasteiger partial charge in [-0.3, -0.25) is 4.99 Å². The van der Waals surface area contributed by atoms with E-state index in [4.69, 9.17) is 4.99 Å². The molecule has 0 radical (unpaired) electrons. The van der Waals surface area contributed by atoms with Crippen molar-refractivity contribution >= 4 is 64.8 Å². The summed E-state index contributed by atoms with van der Waals surface area (Å²) in [5.41, 5.74) is 10.6.